The molecule has 1 saturated heterocycles. The topological polar surface area (TPSA) is 55.9 Å². The van der Waals surface area contributed by atoms with Crippen molar-refractivity contribution in [3.8, 4) is 0 Å². The molecule has 2 heterocycles. The molecule has 0 saturated carbocycles. The van der Waals surface area contributed by atoms with Crippen LogP contribution in [0.3, 0.4) is 0 Å². The van der Waals surface area contributed by atoms with E-state index in [1.54, 1.807) is 0 Å². The zero-order valence-corrected chi connectivity index (χ0v) is 16.5. The van der Waals surface area contributed by atoms with Gasteiger partial charge in [0, 0.05) is 38.9 Å². The Morgan fingerprint density at radius 2 is 1.62 bits per heavy atom. The van der Waals surface area contributed by atoms with Gasteiger partial charge in [-0.25, -0.2) is 4.72 Å². The minimum Gasteiger partial charge on any atom is -0.362 e. The predicted molar refractivity (Wildman–Crippen MR) is 106 cm³/mol. The van der Waals surface area contributed by atoms with Gasteiger partial charge in [-0.15, -0.1) is 0 Å². The van der Waals surface area contributed by atoms with Crippen molar-refractivity contribution in [1.29, 1.82) is 0 Å². The van der Waals surface area contributed by atoms with Gasteiger partial charge in [-0.1, -0.05) is 12.1 Å². The minimum atomic E-state index is -4.39. The van der Waals surface area contributed by atoms with Crippen molar-refractivity contribution in [2.75, 3.05) is 43.0 Å². The zero-order valence-electron chi connectivity index (χ0n) is 15.7. The summed E-state index contributed by atoms with van der Waals surface area (Å²) >= 11 is 0. The molecule has 0 aromatic heterocycles. The highest BCUT2D eigenvalue weighted by Gasteiger charge is 2.38. The van der Waals surface area contributed by atoms with Gasteiger partial charge in [-0.2, -0.15) is 25.9 Å². The second kappa shape index (κ2) is 7.19. The normalized spacial score (nSPS) is 20.3. The summed E-state index contributed by atoms with van der Waals surface area (Å²) in [5, 5.41) is 0. The van der Waals surface area contributed by atoms with E-state index in [0.717, 1.165) is 23.5 Å². The smallest absolute Gasteiger partial charge is 0.362 e. The molecule has 6 nitrogen and oxygen atoms in total. The molecule has 0 amide bonds. The van der Waals surface area contributed by atoms with E-state index in [1.807, 2.05) is 29.2 Å². The first-order valence-corrected chi connectivity index (χ1v) is 10.6. The highest BCUT2D eigenvalue weighted by Crippen LogP contribution is 2.41. The van der Waals surface area contributed by atoms with Gasteiger partial charge in [-0.05, 0) is 36.4 Å². The van der Waals surface area contributed by atoms with Gasteiger partial charge in [0.25, 0.3) is 10.2 Å². The van der Waals surface area contributed by atoms with Gasteiger partial charge in [-0.3, -0.25) is 0 Å². The van der Waals surface area contributed by atoms with Crippen molar-refractivity contribution in [2.24, 2.45) is 0 Å². The van der Waals surface area contributed by atoms with E-state index >= 15 is 0 Å². The van der Waals surface area contributed by atoms with Crippen LogP contribution in [0.5, 0.6) is 0 Å². The summed E-state index contributed by atoms with van der Waals surface area (Å²) in [6, 6.07) is 12.6. The van der Waals surface area contributed by atoms with Crippen LogP contribution in [0, 0.1) is 0 Å². The number of nitrogens with zero attached hydrogens (tertiary/aromatic N) is 3. The summed E-state index contributed by atoms with van der Waals surface area (Å²) in [4.78, 5) is 4.13. The first-order valence-electron chi connectivity index (χ1n) is 9.20. The molecule has 2 aromatic rings. The fraction of sp³-hybridized carbons (Fsp3) is 0.368. The predicted octanol–water partition coefficient (Wildman–Crippen LogP) is 2.81. The number of para-hydroxylation sites is 2. The summed E-state index contributed by atoms with van der Waals surface area (Å²) in [5.74, 6) is 0. The van der Waals surface area contributed by atoms with Crippen molar-refractivity contribution in [1.82, 2.24) is 9.03 Å². The van der Waals surface area contributed by atoms with Gasteiger partial charge in [0.05, 0.1) is 23.0 Å². The molecule has 0 aliphatic carbocycles. The Bertz CT molecular complexity index is 995. The maximum absolute atomic E-state index is 12.9. The SMILES string of the molecule is CNS(=O)(=O)N1CCN2c3ccccc3N(c3ccc(C(F)(F)F)cc3)C[C@@H]2C1. The summed E-state index contributed by atoms with van der Waals surface area (Å²) in [6.45, 7) is 1.69. The number of piperazine rings is 1. The Labute approximate surface area is 167 Å². The molecule has 1 atom stereocenters. The van der Waals surface area contributed by atoms with Crippen LogP contribution in [0.15, 0.2) is 48.5 Å². The number of alkyl halides is 3. The van der Waals surface area contributed by atoms with Crippen LogP contribution < -0.4 is 14.5 Å². The lowest BCUT2D eigenvalue weighted by Crippen LogP contribution is -2.61. The van der Waals surface area contributed by atoms with E-state index in [0.29, 0.717) is 31.9 Å². The van der Waals surface area contributed by atoms with E-state index in [2.05, 4.69) is 9.62 Å². The van der Waals surface area contributed by atoms with Crippen LogP contribution in [0.25, 0.3) is 0 Å². The lowest BCUT2D eigenvalue weighted by atomic mass is 10.0. The number of anilines is 3. The zero-order chi connectivity index (χ0) is 20.8. The quantitative estimate of drug-likeness (QED) is 0.820. The van der Waals surface area contributed by atoms with Crippen molar-refractivity contribution in [3.63, 3.8) is 0 Å². The van der Waals surface area contributed by atoms with Gasteiger partial charge in [0.2, 0.25) is 0 Å². The summed E-state index contributed by atoms with van der Waals surface area (Å²) in [5.41, 5.74) is 1.79. The minimum absolute atomic E-state index is 0.121. The Morgan fingerprint density at radius 1 is 0.966 bits per heavy atom. The van der Waals surface area contributed by atoms with Crippen molar-refractivity contribution >= 4 is 27.3 Å². The standard InChI is InChI=1S/C19H21F3N4O2S/c1-23-29(27,28)24-10-11-25-16(12-24)13-26(18-5-3-2-4-17(18)25)15-8-6-14(7-9-15)19(20,21)22/h2-9,16,23H,10-13H2,1H3/t16-/m0/s1. The highest BCUT2D eigenvalue weighted by molar-refractivity contribution is 7.87. The third-order valence-electron chi connectivity index (χ3n) is 5.42. The maximum Gasteiger partial charge on any atom is 0.416 e. The lowest BCUT2D eigenvalue weighted by Gasteiger charge is -2.49. The molecule has 10 heteroatoms. The van der Waals surface area contributed by atoms with Crippen molar-refractivity contribution in [3.05, 3.63) is 54.1 Å². The first-order chi connectivity index (χ1) is 13.7. The van der Waals surface area contributed by atoms with E-state index in [1.165, 1.54) is 23.5 Å². The van der Waals surface area contributed by atoms with E-state index in [9.17, 15) is 21.6 Å². The number of rotatable bonds is 3. The van der Waals surface area contributed by atoms with Gasteiger partial charge < -0.3 is 9.80 Å². The molecule has 2 aromatic carbocycles. The second-order valence-electron chi connectivity index (χ2n) is 7.06. The van der Waals surface area contributed by atoms with Crippen molar-refractivity contribution in [2.45, 2.75) is 12.2 Å². The molecular formula is C19H21F3N4O2S. The number of hydrogen-bond acceptors (Lipinski definition) is 4. The molecule has 1 fully saturated rings. The average Bonchev–Trinajstić information content (AvgIpc) is 2.72. The molecule has 0 bridgehead atoms. The monoisotopic (exact) mass is 426 g/mol. The van der Waals surface area contributed by atoms with Crippen LogP contribution in [0.4, 0.5) is 30.2 Å². The average molecular weight is 426 g/mol. The van der Waals surface area contributed by atoms with Gasteiger partial charge >= 0.3 is 6.18 Å². The second-order valence-corrected chi connectivity index (χ2v) is 8.93. The summed E-state index contributed by atoms with van der Waals surface area (Å²) in [6.07, 6.45) is -4.39. The molecular weight excluding hydrogens is 405 g/mol. The van der Waals surface area contributed by atoms with Crippen molar-refractivity contribution < 1.29 is 21.6 Å². The summed E-state index contributed by atoms with van der Waals surface area (Å²) in [7, 11) is -2.16. The fourth-order valence-electron chi connectivity index (χ4n) is 3.97. The Kier molecular flexibility index (Phi) is 4.96. The molecule has 4 rings (SSSR count). The van der Waals surface area contributed by atoms with Gasteiger partial charge in [0.1, 0.15) is 0 Å². The number of benzene rings is 2. The number of halogens is 3. The highest BCUT2D eigenvalue weighted by atomic mass is 32.2. The third kappa shape index (κ3) is 3.67. The van der Waals surface area contributed by atoms with E-state index < -0.39 is 21.9 Å². The van der Waals surface area contributed by atoms with Crippen LogP contribution >= 0.6 is 0 Å². The molecule has 0 radical (unpaired) electrons. The molecule has 156 valence electrons. The molecule has 0 unspecified atom stereocenters. The van der Waals surface area contributed by atoms with Crippen LogP contribution in [0.1, 0.15) is 5.56 Å². The number of fused-ring (bicyclic) bond motifs is 3. The molecule has 29 heavy (non-hydrogen) atoms. The largest absolute Gasteiger partial charge is 0.416 e. The first kappa shape index (κ1) is 20.0. The maximum atomic E-state index is 12.9. The summed E-state index contributed by atoms with van der Waals surface area (Å²) < 4.78 is 67.0. The Morgan fingerprint density at radius 3 is 2.24 bits per heavy atom. The lowest BCUT2D eigenvalue weighted by molar-refractivity contribution is -0.137. The number of nitrogens with one attached hydrogen (secondary N) is 1. The molecule has 2 aliphatic heterocycles. The molecule has 1 N–H and O–H groups in total. The third-order valence-corrected chi connectivity index (χ3v) is 6.95. The molecule has 0 spiro atoms. The fourth-order valence-corrected chi connectivity index (χ4v) is 4.92. The Balaban J connectivity index is 1.69. The molecule has 2 aliphatic rings. The Hall–Kier alpha value is -2.30. The van der Waals surface area contributed by atoms with E-state index in [-0.39, 0.29) is 6.04 Å². The number of hydrogen-bond donors (Lipinski definition) is 1. The van der Waals surface area contributed by atoms with Gasteiger partial charge in [0.15, 0.2) is 0 Å². The van der Waals surface area contributed by atoms with Crippen LogP contribution in [-0.4, -0.2) is 52.0 Å². The van der Waals surface area contributed by atoms with Crippen LogP contribution in [0.2, 0.25) is 0 Å². The van der Waals surface area contributed by atoms with E-state index in [4.69, 9.17) is 0 Å². The van der Waals surface area contributed by atoms with Crippen LogP contribution in [-0.2, 0) is 16.4 Å².